The summed E-state index contributed by atoms with van der Waals surface area (Å²) >= 11 is 1.58. The number of rotatable bonds is 5. The maximum Gasteiger partial charge on any atom is 0.230 e. The van der Waals surface area contributed by atoms with Crippen molar-refractivity contribution in [3.8, 4) is 0 Å². The van der Waals surface area contributed by atoms with Crippen molar-refractivity contribution in [1.82, 2.24) is 4.98 Å². The van der Waals surface area contributed by atoms with Gasteiger partial charge in [0.25, 0.3) is 0 Å². The summed E-state index contributed by atoms with van der Waals surface area (Å²) < 4.78 is 0. The van der Waals surface area contributed by atoms with Gasteiger partial charge in [-0.2, -0.15) is 0 Å². The molecule has 23 heavy (non-hydrogen) atoms. The maximum absolute atomic E-state index is 11.9. The molecule has 0 saturated heterocycles. The molecule has 116 valence electrons. The van der Waals surface area contributed by atoms with Crippen molar-refractivity contribution < 1.29 is 4.79 Å². The third-order valence-corrected chi connectivity index (χ3v) is 4.25. The average molecular weight is 323 g/mol. The van der Waals surface area contributed by atoms with Gasteiger partial charge in [0.15, 0.2) is 0 Å². The van der Waals surface area contributed by atoms with Gasteiger partial charge in [-0.3, -0.25) is 4.79 Å². The van der Waals surface area contributed by atoms with E-state index in [0.29, 0.717) is 12.2 Å². The van der Waals surface area contributed by atoms with Gasteiger partial charge in [0.1, 0.15) is 5.82 Å². The van der Waals surface area contributed by atoms with Crippen LogP contribution in [0.25, 0.3) is 0 Å². The van der Waals surface area contributed by atoms with Crippen molar-refractivity contribution in [3.63, 3.8) is 0 Å². The lowest BCUT2D eigenvalue weighted by molar-refractivity contribution is -0.115. The van der Waals surface area contributed by atoms with Crippen molar-refractivity contribution in [1.29, 1.82) is 0 Å². The molecular formula is C18H17N3OS. The van der Waals surface area contributed by atoms with Gasteiger partial charge >= 0.3 is 0 Å². The topological polar surface area (TPSA) is 54.0 Å². The summed E-state index contributed by atoms with van der Waals surface area (Å²) in [6, 6.07) is 15.7. The predicted molar refractivity (Wildman–Crippen MR) is 95.4 cm³/mol. The van der Waals surface area contributed by atoms with E-state index in [4.69, 9.17) is 0 Å². The van der Waals surface area contributed by atoms with Crippen LogP contribution in [-0.2, 0) is 11.2 Å². The third kappa shape index (κ3) is 4.17. The SMILES string of the molecule is Cc1ccccc1Nc1ccc(NC(=O)Cc2cccs2)nc1. The van der Waals surface area contributed by atoms with Crippen LogP contribution >= 0.6 is 11.3 Å². The van der Waals surface area contributed by atoms with E-state index in [0.717, 1.165) is 16.3 Å². The van der Waals surface area contributed by atoms with E-state index in [1.807, 2.05) is 41.8 Å². The first kappa shape index (κ1) is 15.2. The molecule has 0 bridgehead atoms. The Hall–Kier alpha value is -2.66. The molecule has 2 heterocycles. The largest absolute Gasteiger partial charge is 0.354 e. The third-order valence-electron chi connectivity index (χ3n) is 3.37. The Morgan fingerprint density at radius 1 is 1.13 bits per heavy atom. The normalized spacial score (nSPS) is 10.3. The number of thiophene rings is 1. The van der Waals surface area contributed by atoms with Gasteiger partial charge in [0, 0.05) is 10.6 Å². The molecule has 1 amide bonds. The zero-order chi connectivity index (χ0) is 16.1. The number of carbonyl (C=O) groups is 1. The van der Waals surface area contributed by atoms with Gasteiger partial charge in [-0.05, 0) is 42.1 Å². The number of para-hydroxylation sites is 1. The maximum atomic E-state index is 11.9. The first-order valence-electron chi connectivity index (χ1n) is 7.31. The van der Waals surface area contributed by atoms with Gasteiger partial charge in [0.2, 0.25) is 5.91 Å². The van der Waals surface area contributed by atoms with Crippen LogP contribution in [0.2, 0.25) is 0 Å². The monoisotopic (exact) mass is 323 g/mol. The van der Waals surface area contributed by atoms with Crippen LogP contribution in [0.3, 0.4) is 0 Å². The van der Waals surface area contributed by atoms with Gasteiger partial charge < -0.3 is 10.6 Å². The van der Waals surface area contributed by atoms with E-state index < -0.39 is 0 Å². The summed E-state index contributed by atoms with van der Waals surface area (Å²) in [4.78, 5) is 17.3. The Morgan fingerprint density at radius 3 is 2.70 bits per heavy atom. The van der Waals surface area contributed by atoms with E-state index in [1.54, 1.807) is 23.6 Å². The molecule has 0 aliphatic rings. The molecule has 5 heteroatoms. The average Bonchev–Trinajstić information content (AvgIpc) is 3.04. The molecule has 3 rings (SSSR count). The van der Waals surface area contributed by atoms with E-state index in [-0.39, 0.29) is 5.91 Å². The van der Waals surface area contributed by atoms with Crippen LogP contribution in [0, 0.1) is 6.92 Å². The molecule has 0 unspecified atom stereocenters. The van der Waals surface area contributed by atoms with Crippen molar-refractivity contribution in [2.45, 2.75) is 13.3 Å². The van der Waals surface area contributed by atoms with Gasteiger partial charge in [-0.15, -0.1) is 11.3 Å². The second-order valence-corrected chi connectivity index (χ2v) is 6.21. The standard InChI is InChI=1S/C18H17N3OS/c1-13-5-2-3-7-16(13)20-14-8-9-17(19-12-14)21-18(22)11-15-6-4-10-23-15/h2-10,12,20H,11H2,1H3,(H,19,21,22). The Kier molecular flexibility index (Phi) is 4.68. The van der Waals surface area contributed by atoms with Crippen LogP contribution in [0.5, 0.6) is 0 Å². The Labute approximate surface area is 139 Å². The predicted octanol–water partition coefficient (Wildman–Crippen LogP) is 4.38. The van der Waals surface area contributed by atoms with Gasteiger partial charge in [-0.25, -0.2) is 4.98 Å². The summed E-state index contributed by atoms with van der Waals surface area (Å²) in [7, 11) is 0. The minimum absolute atomic E-state index is 0.0560. The summed E-state index contributed by atoms with van der Waals surface area (Å²) in [6.07, 6.45) is 2.09. The highest BCUT2D eigenvalue weighted by Gasteiger charge is 2.06. The molecule has 0 aliphatic heterocycles. The van der Waals surface area contributed by atoms with Gasteiger partial charge in [0.05, 0.1) is 18.3 Å². The molecule has 1 aromatic carbocycles. The minimum Gasteiger partial charge on any atom is -0.354 e. The minimum atomic E-state index is -0.0560. The Balaban J connectivity index is 1.61. The fourth-order valence-electron chi connectivity index (χ4n) is 2.17. The molecule has 0 radical (unpaired) electrons. The number of benzene rings is 1. The molecular weight excluding hydrogens is 306 g/mol. The first-order valence-corrected chi connectivity index (χ1v) is 8.19. The Morgan fingerprint density at radius 2 is 2.00 bits per heavy atom. The molecule has 4 nitrogen and oxygen atoms in total. The number of carbonyl (C=O) groups excluding carboxylic acids is 1. The van der Waals surface area contributed by atoms with E-state index in [1.165, 1.54) is 5.56 Å². The zero-order valence-electron chi connectivity index (χ0n) is 12.7. The van der Waals surface area contributed by atoms with Crippen LogP contribution in [0.4, 0.5) is 17.2 Å². The van der Waals surface area contributed by atoms with Crippen LogP contribution < -0.4 is 10.6 Å². The summed E-state index contributed by atoms with van der Waals surface area (Å²) in [5.41, 5.74) is 3.10. The lowest BCUT2D eigenvalue weighted by Crippen LogP contribution is -2.14. The number of aromatic nitrogens is 1. The summed E-state index contributed by atoms with van der Waals surface area (Å²) in [5, 5.41) is 8.09. The second-order valence-electron chi connectivity index (χ2n) is 5.18. The number of nitrogens with one attached hydrogen (secondary N) is 2. The number of hydrogen-bond acceptors (Lipinski definition) is 4. The zero-order valence-corrected chi connectivity index (χ0v) is 13.6. The molecule has 0 spiro atoms. The lowest BCUT2D eigenvalue weighted by Gasteiger charge is -2.10. The number of anilines is 3. The fourth-order valence-corrected chi connectivity index (χ4v) is 2.87. The lowest BCUT2D eigenvalue weighted by atomic mass is 10.2. The summed E-state index contributed by atoms with van der Waals surface area (Å²) in [5.74, 6) is 0.501. The number of aryl methyl sites for hydroxylation is 1. The highest BCUT2D eigenvalue weighted by molar-refractivity contribution is 7.10. The van der Waals surface area contributed by atoms with Crippen LogP contribution in [0.15, 0.2) is 60.1 Å². The molecule has 2 N–H and O–H groups in total. The number of amides is 1. The van der Waals surface area contributed by atoms with Crippen molar-refractivity contribution in [2.75, 3.05) is 10.6 Å². The fraction of sp³-hybridized carbons (Fsp3) is 0.111. The quantitative estimate of drug-likeness (QED) is 0.733. The molecule has 0 aliphatic carbocycles. The molecule has 0 atom stereocenters. The van der Waals surface area contributed by atoms with Crippen molar-refractivity contribution in [3.05, 3.63) is 70.5 Å². The van der Waals surface area contributed by atoms with E-state index in [2.05, 4.69) is 28.6 Å². The van der Waals surface area contributed by atoms with Crippen molar-refractivity contribution >= 4 is 34.4 Å². The molecule has 0 saturated carbocycles. The smallest absolute Gasteiger partial charge is 0.230 e. The molecule has 3 aromatic rings. The second kappa shape index (κ2) is 7.07. The number of pyridine rings is 1. The Bertz CT molecular complexity index is 782. The van der Waals surface area contributed by atoms with Gasteiger partial charge in [-0.1, -0.05) is 24.3 Å². The molecule has 0 fully saturated rings. The first-order chi connectivity index (χ1) is 11.2. The highest BCUT2D eigenvalue weighted by Crippen LogP contribution is 2.20. The van der Waals surface area contributed by atoms with E-state index in [9.17, 15) is 4.79 Å². The van der Waals surface area contributed by atoms with Crippen LogP contribution in [0.1, 0.15) is 10.4 Å². The number of hydrogen-bond donors (Lipinski definition) is 2. The number of nitrogens with zero attached hydrogens (tertiary/aromatic N) is 1. The highest BCUT2D eigenvalue weighted by atomic mass is 32.1. The van der Waals surface area contributed by atoms with E-state index >= 15 is 0 Å². The summed E-state index contributed by atoms with van der Waals surface area (Å²) in [6.45, 7) is 2.05. The van der Waals surface area contributed by atoms with Crippen LogP contribution in [-0.4, -0.2) is 10.9 Å². The molecule has 2 aromatic heterocycles. The van der Waals surface area contributed by atoms with Crippen molar-refractivity contribution in [2.24, 2.45) is 0 Å².